The Morgan fingerprint density at radius 3 is 2.27 bits per heavy atom. The molecule has 1 N–H and O–H groups in total. The van der Waals surface area contributed by atoms with Crippen molar-refractivity contribution in [3.8, 4) is 5.69 Å². The minimum absolute atomic E-state index is 0.0852. The Bertz CT molecular complexity index is 859. The van der Waals surface area contributed by atoms with Crippen molar-refractivity contribution < 1.29 is 12.9 Å². The molecule has 0 spiro atoms. The summed E-state index contributed by atoms with van der Waals surface area (Å²) in [7, 11) is -3.71. The fraction of sp³-hybridized carbons (Fsp3) is 0.133. The summed E-state index contributed by atoms with van der Waals surface area (Å²) in [5.41, 5.74) is 1.77. The van der Waals surface area contributed by atoms with E-state index in [4.69, 9.17) is 4.52 Å². The van der Waals surface area contributed by atoms with Crippen LogP contribution in [0.25, 0.3) is 5.69 Å². The third-order valence-electron chi connectivity index (χ3n) is 3.26. The predicted molar refractivity (Wildman–Crippen MR) is 82.6 cm³/mol. The third-order valence-corrected chi connectivity index (χ3v) is 4.88. The Hall–Kier alpha value is -2.54. The van der Waals surface area contributed by atoms with Crippen LogP contribution in [-0.2, 0) is 10.0 Å². The molecule has 0 saturated carbocycles. The van der Waals surface area contributed by atoms with Crippen molar-refractivity contribution in [3.05, 3.63) is 60.2 Å². The van der Waals surface area contributed by atoms with Crippen LogP contribution >= 0.6 is 0 Å². The minimum atomic E-state index is -3.71. The van der Waals surface area contributed by atoms with Gasteiger partial charge in [0, 0.05) is 23.8 Å². The predicted octanol–water partition coefficient (Wildman–Crippen LogP) is 2.88. The van der Waals surface area contributed by atoms with Crippen LogP contribution in [-0.4, -0.2) is 18.1 Å². The second-order valence-corrected chi connectivity index (χ2v) is 6.52. The van der Waals surface area contributed by atoms with Gasteiger partial charge < -0.3 is 9.09 Å². The van der Waals surface area contributed by atoms with E-state index in [1.54, 1.807) is 26.0 Å². The number of nitrogens with one attached hydrogen (secondary N) is 1. The molecule has 0 saturated heterocycles. The number of nitrogens with zero attached hydrogens (tertiary/aromatic N) is 2. The van der Waals surface area contributed by atoms with Crippen LogP contribution in [0.2, 0.25) is 0 Å². The number of hydrogen-bond donors (Lipinski definition) is 1. The number of aromatic nitrogens is 2. The second-order valence-electron chi connectivity index (χ2n) is 4.90. The van der Waals surface area contributed by atoms with Crippen LogP contribution in [0.3, 0.4) is 0 Å². The first-order chi connectivity index (χ1) is 10.5. The molecule has 0 aliphatic carbocycles. The number of benzene rings is 1. The molecule has 0 bridgehead atoms. The van der Waals surface area contributed by atoms with E-state index >= 15 is 0 Å². The van der Waals surface area contributed by atoms with Crippen molar-refractivity contribution in [2.75, 3.05) is 4.72 Å². The van der Waals surface area contributed by atoms with Gasteiger partial charge in [-0.05, 0) is 50.2 Å². The van der Waals surface area contributed by atoms with Crippen LogP contribution in [0.1, 0.15) is 11.5 Å². The highest BCUT2D eigenvalue weighted by Crippen LogP contribution is 2.23. The summed E-state index contributed by atoms with van der Waals surface area (Å²) in [6.07, 6.45) is 3.84. The first-order valence-electron chi connectivity index (χ1n) is 6.66. The maximum absolute atomic E-state index is 12.4. The summed E-state index contributed by atoms with van der Waals surface area (Å²) < 4.78 is 34.2. The van der Waals surface area contributed by atoms with Crippen LogP contribution < -0.4 is 4.72 Å². The number of rotatable bonds is 4. The minimum Gasteiger partial charge on any atom is -0.360 e. The Morgan fingerprint density at radius 1 is 1.09 bits per heavy atom. The highest BCUT2D eigenvalue weighted by Gasteiger charge is 2.24. The van der Waals surface area contributed by atoms with Crippen molar-refractivity contribution in [1.29, 1.82) is 0 Å². The van der Waals surface area contributed by atoms with Crippen LogP contribution in [0, 0.1) is 13.8 Å². The molecule has 0 aliphatic rings. The summed E-state index contributed by atoms with van der Waals surface area (Å²) in [4.78, 5) is 0.0852. The largest absolute Gasteiger partial charge is 0.360 e. The Labute approximate surface area is 128 Å². The monoisotopic (exact) mass is 317 g/mol. The third kappa shape index (κ3) is 2.62. The van der Waals surface area contributed by atoms with Crippen LogP contribution in [0.4, 0.5) is 5.69 Å². The highest BCUT2D eigenvalue weighted by atomic mass is 32.2. The van der Waals surface area contributed by atoms with E-state index in [2.05, 4.69) is 9.88 Å². The van der Waals surface area contributed by atoms with Gasteiger partial charge >= 0.3 is 0 Å². The summed E-state index contributed by atoms with van der Waals surface area (Å²) in [6, 6.07) is 11.0. The van der Waals surface area contributed by atoms with E-state index in [0.29, 0.717) is 11.4 Å². The molecule has 2 heterocycles. The smallest absolute Gasteiger partial charge is 0.267 e. The fourth-order valence-corrected chi connectivity index (χ4v) is 3.66. The molecule has 1 aromatic carbocycles. The fourth-order valence-electron chi connectivity index (χ4n) is 2.27. The van der Waals surface area contributed by atoms with Crippen molar-refractivity contribution in [1.82, 2.24) is 9.72 Å². The molecule has 0 atom stereocenters. The number of aryl methyl sites for hydroxylation is 2. The van der Waals surface area contributed by atoms with E-state index < -0.39 is 10.0 Å². The lowest BCUT2D eigenvalue weighted by atomic mass is 10.3. The first-order valence-corrected chi connectivity index (χ1v) is 8.15. The maximum atomic E-state index is 12.4. The van der Waals surface area contributed by atoms with Crippen molar-refractivity contribution in [3.63, 3.8) is 0 Å². The molecule has 3 aromatic rings. The van der Waals surface area contributed by atoms with Gasteiger partial charge in [-0.3, -0.25) is 4.72 Å². The van der Waals surface area contributed by atoms with Gasteiger partial charge in [-0.1, -0.05) is 5.16 Å². The van der Waals surface area contributed by atoms with E-state index in [9.17, 15) is 8.42 Å². The van der Waals surface area contributed by atoms with Gasteiger partial charge in [-0.15, -0.1) is 0 Å². The average Bonchev–Trinajstić information content (AvgIpc) is 3.09. The number of hydrogen-bond acceptors (Lipinski definition) is 4. The van der Waals surface area contributed by atoms with E-state index in [0.717, 1.165) is 5.69 Å². The van der Waals surface area contributed by atoms with Crippen LogP contribution in [0.15, 0.2) is 58.2 Å². The quantitative estimate of drug-likeness (QED) is 0.802. The molecule has 0 unspecified atom stereocenters. The molecular weight excluding hydrogens is 302 g/mol. The zero-order valence-electron chi connectivity index (χ0n) is 12.1. The molecule has 0 aliphatic heterocycles. The molecule has 114 valence electrons. The summed E-state index contributed by atoms with van der Waals surface area (Å²) in [5.74, 6) is 0.272. The van der Waals surface area contributed by atoms with Gasteiger partial charge in [-0.25, -0.2) is 8.42 Å². The zero-order valence-corrected chi connectivity index (χ0v) is 13.0. The molecular formula is C15H15N3O3S. The van der Waals surface area contributed by atoms with E-state index in [1.165, 1.54) is 0 Å². The molecule has 3 rings (SSSR count). The summed E-state index contributed by atoms with van der Waals surface area (Å²) in [5, 5.41) is 3.67. The van der Waals surface area contributed by atoms with Gasteiger partial charge in [0.1, 0.15) is 5.69 Å². The van der Waals surface area contributed by atoms with E-state index in [-0.39, 0.29) is 10.7 Å². The highest BCUT2D eigenvalue weighted by molar-refractivity contribution is 7.92. The second kappa shape index (κ2) is 5.34. The van der Waals surface area contributed by atoms with Crippen LogP contribution in [0.5, 0.6) is 0 Å². The van der Waals surface area contributed by atoms with Gasteiger partial charge in [-0.2, -0.15) is 0 Å². The summed E-state index contributed by atoms with van der Waals surface area (Å²) >= 11 is 0. The molecule has 0 amide bonds. The normalized spacial score (nSPS) is 11.5. The molecule has 22 heavy (non-hydrogen) atoms. The molecule has 2 aromatic heterocycles. The topological polar surface area (TPSA) is 77.1 Å². The van der Waals surface area contributed by atoms with Gasteiger partial charge in [0.15, 0.2) is 10.7 Å². The number of sulfonamides is 1. The van der Waals surface area contributed by atoms with E-state index in [1.807, 2.05) is 41.2 Å². The Morgan fingerprint density at radius 2 is 1.73 bits per heavy atom. The maximum Gasteiger partial charge on any atom is 0.267 e. The Balaban J connectivity index is 1.87. The molecule has 6 nitrogen and oxygen atoms in total. The molecule has 0 fully saturated rings. The lowest BCUT2D eigenvalue weighted by Crippen LogP contribution is -2.14. The molecule has 0 radical (unpaired) electrons. The van der Waals surface area contributed by atoms with Crippen molar-refractivity contribution >= 4 is 15.7 Å². The lowest BCUT2D eigenvalue weighted by Gasteiger charge is -2.09. The zero-order chi connectivity index (χ0) is 15.7. The van der Waals surface area contributed by atoms with Gasteiger partial charge in [0.05, 0.1) is 0 Å². The number of anilines is 1. The lowest BCUT2D eigenvalue weighted by molar-refractivity contribution is 0.390. The average molecular weight is 317 g/mol. The van der Waals surface area contributed by atoms with Crippen molar-refractivity contribution in [2.45, 2.75) is 18.7 Å². The summed E-state index contributed by atoms with van der Waals surface area (Å²) in [6.45, 7) is 3.17. The molecule has 7 heteroatoms. The standard InChI is InChI=1S/C15H15N3O3S/c1-11-15(12(2)21-16-11)22(19,20)17-13-5-7-14(8-6-13)18-9-3-4-10-18/h3-10,17H,1-2H3. The van der Waals surface area contributed by atoms with Gasteiger partial charge in [0.2, 0.25) is 0 Å². The van der Waals surface area contributed by atoms with Gasteiger partial charge in [0.25, 0.3) is 10.0 Å². The first kappa shape index (κ1) is 14.4. The van der Waals surface area contributed by atoms with Crippen molar-refractivity contribution in [2.24, 2.45) is 0 Å². The Kier molecular flexibility index (Phi) is 3.50. The SMILES string of the molecule is Cc1noc(C)c1S(=O)(=O)Nc1ccc(-n2cccc2)cc1.